The van der Waals surface area contributed by atoms with Crippen molar-refractivity contribution in [2.45, 2.75) is 93.9 Å². The standard InChI is InChI=1S/C29H44N4O3/c1-26(2,32-19-8-12-24(32)34)20-31-21-27(33(25(31)35)22-28(36)13-9-14-28)15-17-29(18-16-27,30(3)4)23-10-6-5-7-11-23/h5-7,10-11,36H,8-9,12-22H2,1-4H3/t27-,29+. The Morgan fingerprint density at radius 3 is 2.17 bits per heavy atom. The van der Waals surface area contributed by atoms with Gasteiger partial charge < -0.3 is 19.8 Å². The number of urea groups is 1. The summed E-state index contributed by atoms with van der Waals surface area (Å²) >= 11 is 0. The molecule has 0 unspecified atom stereocenters. The summed E-state index contributed by atoms with van der Waals surface area (Å²) in [6.07, 6.45) is 7.80. The lowest BCUT2D eigenvalue weighted by Crippen LogP contribution is -2.59. The Kier molecular flexibility index (Phi) is 6.39. The van der Waals surface area contributed by atoms with E-state index in [0.29, 0.717) is 26.1 Å². The summed E-state index contributed by atoms with van der Waals surface area (Å²) in [5.41, 5.74) is -0.150. The number of β-amino-alcohol motifs (C(OH)–C–C–N with tert-alkyl or cyclic N) is 1. The molecule has 1 aromatic carbocycles. The van der Waals surface area contributed by atoms with Gasteiger partial charge in [0.2, 0.25) is 5.91 Å². The summed E-state index contributed by atoms with van der Waals surface area (Å²) < 4.78 is 0. The highest BCUT2D eigenvalue weighted by Crippen LogP contribution is 2.50. The van der Waals surface area contributed by atoms with Crippen molar-refractivity contribution in [3.05, 3.63) is 35.9 Å². The average Bonchev–Trinajstić information content (AvgIpc) is 3.37. The van der Waals surface area contributed by atoms with E-state index in [4.69, 9.17) is 0 Å². The molecule has 4 fully saturated rings. The highest BCUT2D eigenvalue weighted by molar-refractivity contribution is 5.80. The van der Waals surface area contributed by atoms with E-state index in [9.17, 15) is 14.7 Å². The van der Waals surface area contributed by atoms with Crippen LogP contribution >= 0.6 is 0 Å². The van der Waals surface area contributed by atoms with E-state index in [1.807, 2.05) is 14.7 Å². The molecule has 7 nitrogen and oxygen atoms in total. The van der Waals surface area contributed by atoms with Gasteiger partial charge in [0.15, 0.2) is 0 Å². The third-order valence-electron chi connectivity index (χ3n) is 9.85. The Hall–Kier alpha value is -2.12. The summed E-state index contributed by atoms with van der Waals surface area (Å²) in [4.78, 5) is 34.8. The van der Waals surface area contributed by atoms with Gasteiger partial charge in [-0.3, -0.25) is 9.69 Å². The molecule has 1 N–H and O–H groups in total. The van der Waals surface area contributed by atoms with Crippen molar-refractivity contribution in [2.75, 3.05) is 40.3 Å². The summed E-state index contributed by atoms with van der Waals surface area (Å²) in [6.45, 7) is 6.57. The lowest BCUT2D eigenvalue weighted by molar-refractivity contribution is -0.132. The molecule has 1 aromatic rings. The molecular weight excluding hydrogens is 452 g/mol. The van der Waals surface area contributed by atoms with Gasteiger partial charge in [-0.05, 0) is 84.9 Å². The van der Waals surface area contributed by atoms with Gasteiger partial charge in [-0.15, -0.1) is 0 Å². The van der Waals surface area contributed by atoms with Gasteiger partial charge in [0.1, 0.15) is 0 Å². The second-order valence-corrected chi connectivity index (χ2v) is 12.8. The molecule has 36 heavy (non-hydrogen) atoms. The molecule has 1 spiro atoms. The largest absolute Gasteiger partial charge is 0.388 e. The SMILES string of the molecule is CN(C)[C@]1(c2ccccc2)CC[C@]2(CC1)CN(CC(C)(C)N1CCCC1=O)C(=O)N2CC1(O)CCC1. The van der Waals surface area contributed by atoms with Crippen LogP contribution in [0.4, 0.5) is 4.79 Å². The van der Waals surface area contributed by atoms with Crippen LogP contribution in [0.1, 0.15) is 77.2 Å². The minimum atomic E-state index is -0.755. The maximum absolute atomic E-state index is 14.0. The van der Waals surface area contributed by atoms with E-state index in [-0.39, 0.29) is 23.0 Å². The quantitative estimate of drug-likeness (QED) is 0.623. The molecule has 4 aliphatic rings. The zero-order valence-corrected chi connectivity index (χ0v) is 22.6. The van der Waals surface area contributed by atoms with Crippen molar-refractivity contribution < 1.29 is 14.7 Å². The first-order valence-electron chi connectivity index (χ1n) is 13.8. The molecular formula is C29H44N4O3. The van der Waals surface area contributed by atoms with Crippen LogP contribution in [0.25, 0.3) is 0 Å². The van der Waals surface area contributed by atoms with Gasteiger partial charge in [-0.25, -0.2) is 4.79 Å². The summed E-state index contributed by atoms with van der Waals surface area (Å²) in [6, 6.07) is 10.8. The van der Waals surface area contributed by atoms with Gasteiger partial charge in [0.25, 0.3) is 0 Å². The molecule has 0 bridgehead atoms. The molecule has 198 valence electrons. The van der Waals surface area contributed by atoms with E-state index in [1.54, 1.807) is 0 Å². The Bertz CT molecular complexity index is 979. The van der Waals surface area contributed by atoms with Gasteiger partial charge in [-0.2, -0.15) is 0 Å². The molecule has 7 heteroatoms. The number of rotatable bonds is 7. The van der Waals surface area contributed by atoms with Gasteiger partial charge in [0.05, 0.1) is 23.2 Å². The predicted molar refractivity (Wildman–Crippen MR) is 141 cm³/mol. The van der Waals surface area contributed by atoms with Crippen LogP contribution in [0.15, 0.2) is 30.3 Å². The van der Waals surface area contributed by atoms with Crippen LogP contribution < -0.4 is 0 Å². The van der Waals surface area contributed by atoms with E-state index in [1.165, 1.54) is 5.56 Å². The third kappa shape index (κ3) is 4.22. The lowest BCUT2D eigenvalue weighted by atomic mass is 9.67. The fourth-order valence-electron chi connectivity index (χ4n) is 7.42. The molecule has 2 heterocycles. The number of likely N-dealkylation sites (tertiary alicyclic amines) is 1. The molecule has 5 rings (SSSR count). The van der Waals surface area contributed by atoms with Crippen LogP contribution in [0, 0.1) is 0 Å². The van der Waals surface area contributed by atoms with E-state index in [2.05, 4.69) is 63.2 Å². The van der Waals surface area contributed by atoms with Crippen molar-refractivity contribution in [3.8, 4) is 0 Å². The Morgan fingerprint density at radius 2 is 1.64 bits per heavy atom. The third-order valence-corrected chi connectivity index (χ3v) is 9.85. The molecule has 2 aliphatic heterocycles. The maximum Gasteiger partial charge on any atom is 0.320 e. The van der Waals surface area contributed by atoms with Crippen molar-refractivity contribution in [2.24, 2.45) is 0 Å². The topological polar surface area (TPSA) is 67.3 Å². The summed E-state index contributed by atoms with van der Waals surface area (Å²) in [7, 11) is 4.34. The highest BCUT2D eigenvalue weighted by Gasteiger charge is 2.57. The molecule has 0 aromatic heterocycles. The smallest absolute Gasteiger partial charge is 0.320 e. The Labute approximate surface area is 216 Å². The van der Waals surface area contributed by atoms with Crippen molar-refractivity contribution in [3.63, 3.8) is 0 Å². The monoisotopic (exact) mass is 496 g/mol. The second kappa shape index (κ2) is 9.02. The number of aliphatic hydroxyl groups is 1. The zero-order valence-electron chi connectivity index (χ0n) is 22.6. The molecule has 3 amide bonds. The average molecular weight is 497 g/mol. The van der Waals surface area contributed by atoms with Crippen LogP contribution in [0.2, 0.25) is 0 Å². The molecule has 2 saturated heterocycles. The minimum Gasteiger partial charge on any atom is -0.388 e. The normalized spacial score (nSPS) is 30.6. The number of amides is 3. The fourth-order valence-corrected chi connectivity index (χ4v) is 7.42. The van der Waals surface area contributed by atoms with Crippen LogP contribution in [0.3, 0.4) is 0 Å². The summed E-state index contributed by atoms with van der Waals surface area (Å²) in [5, 5.41) is 11.1. The first-order valence-corrected chi connectivity index (χ1v) is 13.8. The van der Waals surface area contributed by atoms with E-state index in [0.717, 1.165) is 57.9 Å². The maximum atomic E-state index is 14.0. The highest BCUT2D eigenvalue weighted by atomic mass is 16.3. The molecule has 0 radical (unpaired) electrons. The molecule has 2 aliphatic carbocycles. The summed E-state index contributed by atoms with van der Waals surface area (Å²) in [5.74, 6) is 0.193. The Balaban J connectivity index is 1.41. The number of carbonyl (C=O) groups is 2. The lowest BCUT2D eigenvalue weighted by Gasteiger charge is -2.52. The zero-order chi connectivity index (χ0) is 25.8. The van der Waals surface area contributed by atoms with Crippen LogP contribution in [-0.2, 0) is 10.3 Å². The van der Waals surface area contributed by atoms with Gasteiger partial charge in [0, 0.05) is 31.6 Å². The first-order chi connectivity index (χ1) is 17.0. The van der Waals surface area contributed by atoms with Crippen molar-refractivity contribution in [1.29, 1.82) is 0 Å². The molecule has 2 saturated carbocycles. The number of hydrogen-bond donors (Lipinski definition) is 1. The van der Waals surface area contributed by atoms with Crippen molar-refractivity contribution in [1.82, 2.24) is 19.6 Å². The van der Waals surface area contributed by atoms with Gasteiger partial charge in [-0.1, -0.05) is 30.3 Å². The number of carbonyl (C=O) groups excluding carboxylic acids is 2. The number of benzene rings is 1. The van der Waals surface area contributed by atoms with E-state index < -0.39 is 11.1 Å². The van der Waals surface area contributed by atoms with Gasteiger partial charge >= 0.3 is 6.03 Å². The predicted octanol–water partition coefficient (Wildman–Crippen LogP) is 3.81. The fraction of sp³-hybridized carbons (Fsp3) is 0.724. The van der Waals surface area contributed by atoms with E-state index >= 15 is 0 Å². The van der Waals surface area contributed by atoms with Crippen LogP contribution in [-0.4, -0.2) is 93.6 Å². The van der Waals surface area contributed by atoms with Crippen molar-refractivity contribution >= 4 is 11.9 Å². The Morgan fingerprint density at radius 1 is 0.972 bits per heavy atom. The first kappa shape index (κ1) is 25.5. The number of nitrogens with zero attached hydrogens (tertiary/aromatic N) is 4. The number of hydrogen-bond acceptors (Lipinski definition) is 4. The second-order valence-electron chi connectivity index (χ2n) is 12.8. The minimum absolute atomic E-state index is 0.0344. The van der Waals surface area contributed by atoms with Crippen LogP contribution in [0.5, 0.6) is 0 Å². The molecule has 0 atom stereocenters.